The van der Waals surface area contributed by atoms with Crippen LogP contribution in [0.15, 0.2) is 22.7 Å². The molecular formula is C17H26BrClN2. The Bertz CT molecular complexity index is 446. The number of nitrogens with zero attached hydrogens (tertiary/aromatic N) is 1. The van der Waals surface area contributed by atoms with E-state index in [-0.39, 0.29) is 0 Å². The van der Waals surface area contributed by atoms with E-state index < -0.39 is 0 Å². The molecule has 0 spiro atoms. The van der Waals surface area contributed by atoms with Gasteiger partial charge < -0.3 is 5.32 Å². The summed E-state index contributed by atoms with van der Waals surface area (Å²) in [4.78, 5) is 2.58. The fourth-order valence-corrected chi connectivity index (χ4v) is 3.87. The first-order valence-corrected chi connectivity index (χ1v) is 9.21. The Kier molecular flexibility index (Phi) is 7.00. The fourth-order valence-electron chi connectivity index (χ4n) is 3.04. The van der Waals surface area contributed by atoms with Crippen molar-refractivity contribution in [3.8, 4) is 0 Å². The molecule has 1 saturated heterocycles. The Balaban J connectivity index is 2.09. The van der Waals surface area contributed by atoms with Gasteiger partial charge in [0, 0.05) is 28.1 Å². The predicted octanol–water partition coefficient (Wildman–Crippen LogP) is 5.02. The van der Waals surface area contributed by atoms with Gasteiger partial charge in [0.1, 0.15) is 0 Å². The molecule has 0 amide bonds. The normalized spacial score (nSPS) is 20.1. The lowest BCUT2D eigenvalue weighted by Gasteiger charge is -2.32. The van der Waals surface area contributed by atoms with Crippen molar-refractivity contribution in [2.24, 2.45) is 0 Å². The van der Waals surface area contributed by atoms with Crippen LogP contribution < -0.4 is 5.32 Å². The van der Waals surface area contributed by atoms with Crippen molar-refractivity contribution in [2.45, 2.75) is 51.6 Å². The van der Waals surface area contributed by atoms with Crippen LogP contribution in [0.25, 0.3) is 0 Å². The summed E-state index contributed by atoms with van der Waals surface area (Å²) in [5.41, 5.74) is 1.23. The van der Waals surface area contributed by atoms with Crippen LogP contribution in [0, 0.1) is 0 Å². The Morgan fingerprint density at radius 3 is 2.90 bits per heavy atom. The molecule has 0 saturated carbocycles. The number of hydrogen-bond acceptors (Lipinski definition) is 2. The number of rotatable bonds is 7. The molecule has 1 aromatic carbocycles. The highest BCUT2D eigenvalue weighted by Gasteiger charge is 2.23. The van der Waals surface area contributed by atoms with E-state index >= 15 is 0 Å². The summed E-state index contributed by atoms with van der Waals surface area (Å²) in [6, 6.07) is 7.24. The Morgan fingerprint density at radius 1 is 1.48 bits per heavy atom. The molecule has 2 rings (SSSR count). The summed E-state index contributed by atoms with van der Waals surface area (Å²) in [6.07, 6.45) is 5.07. The van der Waals surface area contributed by atoms with Gasteiger partial charge in [0.25, 0.3) is 0 Å². The van der Waals surface area contributed by atoms with Crippen LogP contribution >= 0.6 is 27.5 Å². The van der Waals surface area contributed by atoms with Crippen molar-refractivity contribution in [3.05, 3.63) is 33.3 Å². The second-order valence-electron chi connectivity index (χ2n) is 5.98. The van der Waals surface area contributed by atoms with E-state index in [2.05, 4.69) is 52.1 Å². The van der Waals surface area contributed by atoms with Gasteiger partial charge in [-0.3, -0.25) is 4.90 Å². The highest BCUT2D eigenvalue weighted by Crippen LogP contribution is 2.30. The first-order chi connectivity index (χ1) is 10.1. The van der Waals surface area contributed by atoms with Gasteiger partial charge in [-0.2, -0.15) is 0 Å². The minimum Gasteiger partial charge on any atom is -0.313 e. The van der Waals surface area contributed by atoms with Crippen molar-refractivity contribution in [1.29, 1.82) is 0 Å². The highest BCUT2D eigenvalue weighted by molar-refractivity contribution is 9.10. The van der Waals surface area contributed by atoms with E-state index in [0.29, 0.717) is 12.1 Å². The molecule has 1 N–H and O–H groups in total. The van der Waals surface area contributed by atoms with E-state index in [9.17, 15) is 0 Å². The monoisotopic (exact) mass is 372 g/mol. The van der Waals surface area contributed by atoms with Crippen molar-refractivity contribution in [2.75, 3.05) is 19.6 Å². The topological polar surface area (TPSA) is 15.3 Å². The number of halogens is 2. The maximum Gasteiger partial charge on any atom is 0.0464 e. The molecule has 0 aromatic heterocycles. The second kappa shape index (κ2) is 8.52. The molecule has 2 nitrogen and oxygen atoms in total. The summed E-state index contributed by atoms with van der Waals surface area (Å²) >= 11 is 9.93. The van der Waals surface area contributed by atoms with Crippen LogP contribution in [-0.4, -0.2) is 30.6 Å². The smallest absolute Gasteiger partial charge is 0.0464 e. The van der Waals surface area contributed by atoms with Crippen LogP contribution in [0.4, 0.5) is 0 Å². The maximum absolute atomic E-state index is 6.45. The molecule has 1 heterocycles. The second-order valence-corrected chi connectivity index (χ2v) is 7.31. The fraction of sp³-hybridized carbons (Fsp3) is 0.647. The third kappa shape index (κ3) is 4.95. The minimum absolute atomic E-state index is 0.361. The van der Waals surface area contributed by atoms with Gasteiger partial charge in [0.2, 0.25) is 0 Å². The molecule has 0 bridgehead atoms. The molecule has 1 aliphatic rings. The van der Waals surface area contributed by atoms with E-state index in [1.165, 1.54) is 37.8 Å². The number of benzene rings is 1. The summed E-state index contributed by atoms with van der Waals surface area (Å²) in [5, 5.41) is 4.47. The molecular weight excluding hydrogens is 348 g/mol. The molecule has 2 unspecified atom stereocenters. The van der Waals surface area contributed by atoms with Crippen LogP contribution in [0.5, 0.6) is 0 Å². The molecule has 1 fully saturated rings. The number of nitrogens with one attached hydrogen (secondary N) is 1. The highest BCUT2D eigenvalue weighted by atomic mass is 79.9. The summed E-state index contributed by atoms with van der Waals surface area (Å²) in [7, 11) is 0. The standard InChI is InChI=1S/C17H26BrClN2/c1-3-4-10-21(12-15-6-5-9-20-15)13(2)16-8-7-14(18)11-17(16)19/h7-8,11,13,15,20H,3-6,9-10,12H2,1-2H3. The van der Waals surface area contributed by atoms with Gasteiger partial charge in [0.05, 0.1) is 0 Å². The van der Waals surface area contributed by atoms with Crippen LogP contribution in [0.1, 0.15) is 51.1 Å². The van der Waals surface area contributed by atoms with Crippen LogP contribution in [-0.2, 0) is 0 Å². The van der Waals surface area contributed by atoms with Gasteiger partial charge in [-0.15, -0.1) is 0 Å². The average Bonchev–Trinajstić information content (AvgIpc) is 2.95. The molecule has 0 radical (unpaired) electrons. The Labute approximate surface area is 142 Å². The summed E-state index contributed by atoms with van der Waals surface area (Å²) in [6.45, 7) is 7.96. The molecule has 4 heteroatoms. The number of unbranched alkanes of at least 4 members (excludes halogenated alkanes) is 1. The van der Waals surface area contributed by atoms with E-state index in [1.54, 1.807) is 0 Å². The zero-order chi connectivity index (χ0) is 15.2. The Morgan fingerprint density at radius 2 is 2.29 bits per heavy atom. The molecule has 21 heavy (non-hydrogen) atoms. The third-order valence-electron chi connectivity index (χ3n) is 4.38. The molecule has 1 aliphatic heterocycles. The zero-order valence-electron chi connectivity index (χ0n) is 13.0. The van der Waals surface area contributed by atoms with Crippen LogP contribution in [0.2, 0.25) is 5.02 Å². The quantitative estimate of drug-likeness (QED) is 0.722. The maximum atomic E-state index is 6.45. The third-order valence-corrected chi connectivity index (χ3v) is 5.20. The Hall–Kier alpha value is -0.0900. The lowest BCUT2D eigenvalue weighted by atomic mass is 10.0. The van der Waals surface area contributed by atoms with E-state index in [4.69, 9.17) is 11.6 Å². The van der Waals surface area contributed by atoms with Gasteiger partial charge in [-0.1, -0.05) is 46.9 Å². The predicted molar refractivity (Wildman–Crippen MR) is 95.1 cm³/mol. The van der Waals surface area contributed by atoms with Crippen molar-refractivity contribution in [3.63, 3.8) is 0 Å². The molecule has 0 aliphatic carbocycles. The lowest BCUT2D eigenvalue weighted by molar-refractivity contribution is 0.189. The van der Waals surface area contributed by atoms with Gasteiger partial charge in [0.15, 0.2) is 0 Å². The van der Waals surface area contributed by atoms with Crippen molar-refractivity contribution < 1.29 is 0 Å². The minimum atomic E-state index is 0.361. The number of hydrogen-bond donors (Lipinski definition) is 1. The van der Waals surface area contributed by atoms with Crippen LogP contribution in [0.3, 0.4) is 0 Å². The molecule has 118 valence electrons. The van der Waals surface area contributed by atoms with Crippen molar-refractivity contribution >= 4 is 27.5 Å². The molecule has 1 aromatic rings. The summed E-state index contributed by atoms with van der Waals surface area (Å²) < 4.78 is 1.04. The van der Waals surface area contributed by atoms with Gasteiger partial charge >= 0.3 is 0 Å². The lowest BCUT2D eigenvalue weighted by Crippen LogP contribution is -2.39. The molecule has 2 atom stereocenters. The zero-order valence-corrected chi connectivity index (χ0v) is 15.4. The van der Waals surface area contributed by atoms with E-state index in [1.807, 2.05) is 6.07 Å². The van der Waals surface area contributed by atoms with Gasteiger partial charge in [-0.25, -0.2) is 0 Å². The first kappa shape index (κ1) is 17.3. The average molecular weight is 374 g/mol. The first-order valence-electron chi connectivity index (χ1n) is 8.04. The van der Waals surface area contributed by atoms with Gasteiger partial charge in [-0.05, 0) is 57.0 Å². The SMILES string of the molecule is CCCCN(CC1CCCN1)C(C)c1ccc(Br)cc1Cl. The summed E-state index contributed by atoms with van der Waals surface area (Å²) in [5.74, 6) is 0. The van der Waals surface area contributed by atoms with E-state index in [0.717, 1.165) is 22.6 Å². The largest absolute Gasteiger partial charge is 0.313 e. The van der Waals surface area contributed by atoms with Crippen molar-refractivity contribution in [1.82, 2.24) is 10.2 Å².